The normalized spacial score (nSPS) is 18.7. The number of benzene rings is 1. The summed E-state index contributed by atoms with van der Waals surface area (Å²) in [6.07, 6.45) is 1.53. The van der Waals surface area contributed by atoms with E-state index in [-0.39, 0.29) is 30.4 Å². The topological polar surface area (TPSA) is 121 Å². The van der Waals surface area contributed by atoms with Crippen molar-refractivity contribution in [1.29, 1.82) is 0 Å². The lowest BCUT2D eigenvalue weighted by atomic mass is 9.81. The van der Waals surface area contributed by atoms with Gasteiger partial charge < -0.3 is 30.6 Å². The Balaban J connectivity index is 2.66. The second-order valence-electron chi connectivity index (χ2n) is 10.5. The number of aromatic hydroxyl groups is 2. The van der Waals surface area contributed by atoms with Crippen molar-refractivity contribution in [2.75, 3.05) is 6.61 Å². The quantitative estimate of drug-likeness (QED) is 0.234. The summed E-state index contributed by atoms with van der Waals surface area (Å²) in [4.78, 5) is 0. The van der Waals surface area contributed by atoms with Crippen molar-refractivity contribution < 1.29 is 30.6 Å². The van der Waals surface area contributed by atoms with Crippen molar-refractivity contribution in [1.82, 2.24) is 0 Å². The average molecular weight is 455 g/mol. The Morgan fingerprint density at radius 1 is 0.688 bits per heavy atom. The van der Waals surface area contributed by atoms with Gasteiger partial charge in [0.15, 0.2) is 0 Å². The fourth-order valence-electron chi connectivity index (χ4n) is 4.79. The second kappa shape index (κ2) is 14.0. The molecule has 0 saturated heterocycles. The Hall–Kier alpha value is -1.34. The monoisotopic (exact) mass is 454 g/mol. The minimum Gasteiger partial charge on any atom is -0.508 e. The molecule has 0 aliphatic heterocycles. The van der Waals surface area contributed by atoms with Crippen LogP contribution in [0, 0.1) is 29.6 Å². The Bertz CT molecular complexity index is 629. The van der Waals surface area contributed by atoms with Gasteiger partial charge in [-0.05, 0) is 79.9 Å². The highest BCUT2D eigenvalue weighted by atomic mass is 16.3. The van der Waals surface area contributed by atoms with E-state index in [9.17, 15) is 30.6 Å². The lowest BCUT2D eigenvalue weighted by Crippen LogP contribution is -2.31. The van der Waals surface area contributed by atoms with Gasteiger partial charge in [0.1, 0.15) is 11.5 Å². The molecule has 7 atom stereocenters. The molecule has 0 aromatic heterocycles. The molecule has 6 N–H and O–H groups in total. The number of rotatable bonds is 15. The predicted molar refractivity (Wildman–Crippen MR) is 127 cm³/mol. The van der Waals surface area contributed by atoms with Gasteiger partial charge in [0.05, 0.1) is 18.3 Å². The van der Waals surface area contributed by atoms with Crippen molar-refractivity contribution in [3.05, 3.63) is 23.8 Å². The third-order valence-electron chi connectivity index (χ3n) is 6.34. The van der Waals surface area contributed by atoms with Crippen LogP contribution in [0.5, 0.6) is 11.5 Å². The molecule has 1 aromatic carbocycles. The first-order valence-electron chi connectivity index (χ1n) is 12.1. The van der Waals surface area contributed by atoms with Crippen molar-refractivity contribution in [3.8, 4) is 11.5 Å². The summed E-state index contributed by atoms with van der Waals surface area (Å²) in [7, 11) is 0. The Morgan fingerprint density at radius 3 is 1.78 bits per heavy atom. The summed E-state index contributed by atoms with van der Waals surface area (Å²) in [6, 6.07) is 3.98. The molecule has 0 bridgehead atoms. The minimum atomic E-state index is -1.06. The second-order valence-corrected chi connectivity index (χ2v) is 10.5. The molecular formula is C26H46O6. The zero-order valence-corrected chi connectivity index (χ0v) is 20.5. The fourth-order valence-corrected chi connectivity index (χ4v) is 4.79. The third-order valence-corrected chi connectivity index (χ3v) is 6.34. The average Bonchev–Trinajstić information content (AvgIpc) is 2.68. The van der Waals surface area contributed by atoms with Crippen LogP contribution in [-0.2, 0) is 0 Å². The summed E-state index contributed by atoms with van der Waals surface area (Å²) in [5.41, 5.74) is 0.349. The summed E-state index contributed by atoms with van der Waals surface area (Å²) < 4.78 is 0. The van der Waals surface area contributed by atoms with Gasteiger partial charge in [0.25, 0.3) is 0 Å². The Kier molecular flexibility index (Phi) is 12.6. The van der Waals surface area contributed by atoms with Crippen LogP contribution in [0.2, 0.25) is 0 Å². The van der Waals surface area contributed by atoms with Crippen molar-refractivity contribution in [2.24, 2.45) is 29.6 Å². The van der Waals surface area contributed by atoms with E-state index in [4.69, 9.17) is 0 Å². The molecule has 186 valence electrons. The van der Waals surface area contributed by atoms with Gasteiger partial charge in [-0.25, -0.2) is 0 Å². The van der Waals surface area contributed by atoms with Crippen LogP contribution >= 0.6 is 0 Å². The van der Waals surface area contributed by atoms with Gasteiger partial charge in [-0.1, -0.05) is 34.6 Å². The molecule has 0 aliphatic carbocycles. The van der Waals surface area contributed by atoms with Crippen molar-refractivity contribution >= 4 is 0 Å². The molecule has 0 aliphatic rings. The van der Waals surface area contributed by atoms with Crippen LogP contribution in [0.15, 0.2) is 18.2 Å². The van der Waals surface area contributed by atoms with Crippen LogP contribution in [0.4, 0.5) is 0 Å². The van der Waals surface area contributed by atoms with Crippen LogP contribution in [0.1, 0.15) is 84.8 Å². The van der Waals surface area contributed by atoms with Gasteiger partial charge in [0.2, 0.25) is 0 Å². The first kappa shape index (κ1) is 28.7. The summed E-state index contributed by atoms with van der Waals surface area (Å²) in [5.74, 6) is 0.658. The van der Waals surface area contributed by atoms with Gasteiger partial charge in [-0.3, -0.25) is 0 Å². The van der Waals surface area contributed by atoms with Gasteiger partial charge in [-0.15, -0.1) is 0 Å². The lowest BCUT2D eigenvalue weighted by Gasteiger charge is -2.31. The van der Waals surface area contributed by atoms with E-state index in [2.05, 4.69) is 13.8 Å². The van der Waals surface area contributed by atoms with Crippen LogP contribution in [0.25, 0.3) is 0 Å². The molecule has 6 heteroatoms. The molecule has 0 amide bonds. The van der Waals surface area contributed by atoms with E-state index in [1.54, 1.807) is 0 Å². The molecule has 0 unspecified atom stereocenters. The smallest absolute Gasteiger partial charge is 0.119 e. The molecule has 1 aromatic rings. The maximum Gasteiger partial charge on any atom is 0.119 e. The van der Waals surface area contributed by atoms with Crippen molar-refractivity contribution in [2.45, 2.75) is 91.5 Å². The Labute approximate surface area is 193 Å². The molecule has 0 radical (unpaired) electrons. The highest BCUT2D eigenvalue weighted by Crippen LogP contribution is 2.35. The first-order valence-corrected chi connectivity index (χ1v) is 12.1. The number of aliphatic hydroxyl groups excluding tert-OH is 4. The SMILES string of the molecule is CC(C)C[C@@H]([C@@H](O)C[C@H](O)CC[C@@H](C)C[C@H](C)C[C@@H](C)CO)[C@@H](O)c1cc(O)cc(O)c1. The molecule has 6 nitrogen and oxygen atoms in total. The van der Waals surface area contributed by atoms with Crippen molar-refractivity contribution in [3.63, 3.8) is 0 Å². The van der Waals surface area contributed by atoms with E-state index in [0.29, 0.717) is 36.2 Å². The fraction of sp³-hybridized carbons (Fsp3) is 0.769. The molecule has 0 saturated carbocycles. The van der Waals surface area contributed by atoms with Gasteiger partial charge >= 0.3 is 0 Å². The minimum absolute atomic E-state index is 0.145. The number of hydrogen-bond acceptors (Lipinski definition) is 6. The van der Waals surface area contributed by atoms with E-state index in [1.165, 1.54) is 18.2 Å². The van der Waals surface area contributed by atoms with Gasteiger partial charge in [-0.2, -0.15) is 0 Å². The zero-order chi connectivity index (χ0) is 24.4. The molecule has 1 rings (SSSR count). The predicted octanol–water partition coefficient (Wildman–Crippen LogP) is 4.37. The number of hydrogen-bond donors (Lipinski definition) is 6. The molecule has 32 heavy (non-hydrogen) atoms. The molecule has 0 heterocycles. The molecular weight excluding hydrogens is 408 g/mol. The molecule has 0 fully saturated rings. The highest BCUT2D eigenvalue weighted by molar-refractivity contribution is 5.37. The largest absolute Gasteiger partial charge is 0.508 e. The van der Waals surface area contributed by atoms with Crippen LogP contribution < -0.4 is 0 Å². The Morgan fingerprint density at radius 2 is 1.25 bits per heavy atom. The standard InChI is InChI=1S/C26H46O6/c1-16(2)8-24(26(32)20-11-22(29)13-23(30)12-20)25(31)14-21(28)7-6-17(3)9-18(4)10-19(5)15-27/h11-13,16-19,21,24-32H,6-10,14-15H2,1-5H3/t17-,18+,19-,21-,24+,25+,26+/m1/s1. The van der Waals surface area contributed by atoms with E-state index >= 15 is 0 Å². The summed E-state index contributed by atoms with van der Waals surface area (Å²) in [5, 5.41) is 61.0. The maximum atomic E-state index is 10.9. The highest BCUT2D eigenvalue weighted by Gasteiger charge is 2.31. The van der Waals surface area contributed by atoms with E-state index in [1.807, 2.05) is 20.8 Å². The number of aliphatic hydroxyl groups is 4. The first-order chi connectivity index (χ1) is 14.9. The van der Waals surface area contributed by atoms with Crippen LogP contribution in [0.3, 0.4) is 0 Å². The van der Waals surface area contributed by atoms with Crippen LogP contribution in [-0.4, -0.2) is 49.5 Å². The summed E-state index contributed by atoms with van der Waals surface area (Å²) in [6.45, 7) is 10.6. The van der Waals surface area contributed by atoms with E-state index < -0.39 is 24.2 Å². The van der Waals surface area contributed by atoms with Gasteiger partial charge in [0, 0.05) is 18.6 Å². The number of phenols is 2. The summed E-state index contributed by atoms with van der Waals surface area (Å²) >= 11 is 0. The third kappa shape index (κ3) is 10.5. The maximum absolute atomic E-state index is 10.9. The van der Waals surface area contributed by atoms with E-state index in [0.717, 1.165) is 19.3 Å². The zero-order valence-electron chi connectivity index (χ0n) is 20.5. The lowest BCUT2D eigenvalue weighted by molar-refractivity contribution is -0.0255. The number of phenolic OH excluding ortho intramolecular Hbond substituents is 2. The molecule has 0 spiro atoms.